The summed E-state index contributed by atoms with van der Waals surface area (Å²) >= 11 is 0. The second-order valence-corrected chi connectivity index (χ2v) is 3.71. The van der Waals surface area contributed by atoms with E-state index in [-0.39, 0.29) is 13.2 Å². The molecule has 6 nitrogen and oxygen atoms in total. The normalized spacial score (nSPS) is 10.4. The summed E-state index contributed by atoms with van der Waals surface area (Å²) in [6.45, 7) is 4.16. The number of aldehydes is 1. The summed E-state index contributed by atoms with van der Waals surface area (Å²) in [6, 6.07) is 3.34. The summed E-state index contributed by atoms with van der Waals surface area (Å²) in [6.07, 6.45) is 2.35. The van der Waals surface area contributed by atoms with E-state index in [9.17, 15) is 9.59 Å². The maximum absolute atomic E-state index is 11.5. The van der Waals surface area contributed by atoms with Crippen molar-refractivity contribution in [2.45, 2.75) is 13.5 Å². The van der Waals surface area contributed by atoms with Crippen molar-refractivity contribution in [3.8, 4) is 0 Å². The van der Waals surface area contributed by atoms with Crippen molar-refractivity contribution in [3.05, 3.63) is 24.0 Å². The summed E-state index contributed by atoms with van der Waals surface area (Å²) in [5.74, 6) is -0.396. The highest BCUT2D eigenvalue weighted by Gasteiger charge is 2.06. The van der Waals surface area contributed by atoms with Gasteiger partial charge < -0.3 is 18.8 Å². The molecule has 0 radical (unpaired) electrons. The lowest BCUT2D eigenvalue weighted by Crippen LogP contribution is -2.17. The van der Waals surface area contributed by atoms with E-state index in [0.717, 1.165) is 0 Å². The van der Waals surface area contributed by atoms with Crippen LogP contribution in [0, 0.1) is 0 Å². The molecule has 0 saturated heterocycles. The minimum atomic E-state index is -0.396. The van der Waals surface area contributed by atoms with Gasteiger partial charge in [0.15, 0.2) is 6.29 Å². The summed E-state index contributed by atoms with van der Waals surface area (Å²) in [5, 5.41) is 0. The van der Waals surface area contributed by atoms with Crippen LogP contribution < -0.4 is 0 Å². The Balaban J connectivity index is 2.10. The molecule has 0 fully saturated rings. The Morgan fingerprint density at radius 3 is 2.74 bits per heavy atom. The van der Waals surface area contributed by atoms with Crippen LogP contribution in [0.4, 0.5) is 0 Å². The number of hydrogen-bond donors (Lipinski definition) is 0. The second kappa shape index (κ2) is 9.29. The van der Waals surface area contributed by atoms with Gasteiger partial charge in [0.1, 0.15) is 13.2 Å². The summed E-state index contributed by atoms with van der Waals surface area (Å²) in [4.78, 5) is 22.1. The minimum Gasteiger partial charge on any atom is -0.462 e. The third-order valence-corrected chi connectivity index (χ3v) is 2.35. The van der Waals surface area contributed by atoms with Gasteiger partial charge in [0.25, 0.3) is 0 Å². The maximum atomic E-state index is 11.5. The molecule has 19 heavy (non-hydrogen) atoms. The van der Waals surface area contributed by atoms with E-state index >= 15 is 0 Å². The highest BCUT2D eigenvalue weighted by molar-refractivity contribution is 5.75. The average molecular weight is 269 g/mol. The number of hydrogen-bond acceptors (Lipinski definition) is 5. The Morgan fingerprint density at radius 2 is 2.00 bits per heavy atom. The van der Waals surface area contributed by atoms with Crippen LogP contribution in [0.1, 0.15) is 17.4 Å². The molecule has 106 valence electrons. The van der Waals surface area contributed by atoms with Gasteiger partial charge in [-0.2, -0.15) is 0 Å². The first-order valence-corrected chi connectivity index (χ1v) is 6.19. The predicted molar refractivity (Wildman–Crippen MR) is 68.1 cm³/mol. The number of ether oxygens (including phenoxy) is 3. The largest absolute Gasteiger partial charge is 0.462 e. The van der Waals surface area contributed by atoms with Gasteiger partial charge in [0.2, 0.25) is 0 Å². The highest BCUT2D eigenvalue weighted by atomic mass is 16.6. The van der Waals surface area contributed by atoms with E-state index < -0.39 is 5.97 Å². The zero-order chi connectivity index (χ0) is 13.9. The maximum Gasteiger partial charge on any atom is 0.326 e. The predicted octanol–water partition coefficient (Wildman–Crippen LogP) is 0.897. The molecule has 0 saturated carbocycles. The first-order valence-electron chi connectivity index (χ1n) is 6.19. The van der Waals surface area contributed by atoms with Gasteiger partial charge in [-0.1, -0.05) is 0 Å². The lowest BCUT2D eigenvalue weighted by atomic mass is 10.4. The van der Waals surface area contributed by atoms with Crippen molar-refractivity contribution in [1.29, 1.82) is 0 Å². The molecule has 0 spiro atoms. The molecule has 0 amide bonds. The molecule has 0 aliphatic carbocycles. The van der Waals surface area contributed by atoms with Crippen molar-refractivity contribution >= 4 is 12.3 Å². The van der Waals surface area contributed by atoms with Crippen LogP contribution >= 0.6 is 0 Å². The first kappa shape index (κ1) is 15.4. The molecule has 0 aromatic carbocycles. The van der Waals surface area contributed by atoms with E-state index in [0.29, 0.717) is 38.4 Å². The Hall–Kier alpha value is -1.66. The third kappa shape index (κ3) is 6.17. The summed E-state index contributed by atoms with van der Waals surface area (Å²) in [7, 11) is 0. The van der Waals surface area contributed by atoms with Crippen LogP contribution in [0.25, 0.3) is 0 Å². The zero-order valence-electron chi connectivity index (χ0n) is 11.0. The van der Waals surface area contributed by atoms with Crippen LogP contribution in [0.2, 0.25) is 0 Å². The van der Waals surface area contributed by atoms with Crippen molar-refractivity contribution in [2.24, 2.45) is 0 Å². The molecular weight excluding hydrogens is 250 g/mol. The molecule has 1 heterocycles. The van der Waals surface area contributed by atoms with Crippen LogP contribution in [-0.2, 0) is 25.5 Å². The van der Waals surface area contributed by atoms with Gasteiger partial charge in [-0.25, -0.2) is 0 Å². The smallest absolute Gasteiger partial charge is 0.326 e. The van der Waals surface area contributed by atoms with Crippen LogP contribution in [-0.4, -0.2) is 49.9 Å². The molecule has 0 N–H and O–H groups in total. The SMILES string of the molecule is CCOCCOCCOC(=O)Cn1cccc1C=O. The summed E-state index contributed by atoms with van der Waals surface area (Å²) < 4.78 is 16.8. The molecule has 1 aromatic rings. The molecule has 0 bridgehead atoms. The quantitative estimate of drug-likeness (QED) is 0.358. The molecule has 0 aliphatic heterocycles. The van der Waals surface area contributed by atoms with E-state index in [4.69, 9.17) is 14.2 Å². The standard InChI is InChI=1S/C13H19NO5/c1-2-17-6-7-18-8-9-19-13(16)10-14-5-3-4-12(14)11-15/h3-5,11H,2,6-10H2,1H3. The molecular formula is C13H19NO5. The van der Waals surface area contributed by atoms with Gasteiger partial charge in [-0.05, 0) is 19.1 Å². The molecule has 6 heteroatoms. The van der Waals surface area contributed by atoms with Crippen LogP contribution in [0.5, 0.6) is 0 Å². The number of esters is 1. The highest BCUT2D eigenvalue weighted by Crippen LogP contribution is 1.99. The van der Waals surface area contributed by atoms with Gasteiger partial charge >= 0.3 is 5.97 Å². The average Bonchev–Trinajstić information content (AvgIpc) is 2.85. The zero-order valence-corrected chi connectivity index (χ0v) is 11.0. The number of aromatic nitrogens is 1. The number of rotatable bonds is 10. The molecule has 0 aliphatic rings. The fourth-order valence-corrected chi connectivity index (χ4v) is 1.44. The fourth-order valence-electron chi connectivity index (χ4n) is 1.44. The Morgan fingerprint density at radius 1 is 1.26 bits per heavy atom. The van der Waals surface area contributed by atoms with E-state index in [2.05, 4.69) is 0 Å². The lowest BCUT2D eigenvalue weighted by molar-refractivity contribution is -0.146. The van der Waals surface area contributed by atoms with Crippen molar-refractivity contribution in [3.63, 3.8) is 0 Å². The Kier molecular flexibility index (Phi) is 7.53. The van der Waals surface area contributed by atoms with Gasteiger partial charge in [-0.15, -0.1) is 0 Å². The van der Waals surface area contributed by atoms with Gasteiger partial charge in [0, 0.05) is 12.8 Å². The van der Waals surface area contributed by atoms with Crippen LogP contribution in [0.15, 0.2) is 18.3 Å². The topological polar surface area (TPSA) is 66.8 Å². The Bertz CT molecular complexity index is 388. The van der Waals surface area contributed by atoms with Crippen molar-refractivity contribution < 1.29 is 23.8 Å². The number of carbonyl (C=O) groups is 2. The lowest BCUT2D eigenvalue weighted by Gasteiger charge is -2.07. The number of carbonyl (C=O) groups excluding carboxylic acids is 2. The number of nitrogens with zero attached hydrogens (tertiary/aromatic N) is 1. The fraction of sp³-hybridized carbons (Fsp3) is 0.538. The second-order valence-electron chi connectivity index (χ2n) is 3.71. The minimum absolute atomic E-state index is 0.0278. The van der Waals surface area contributed by atoms with Gasteiger partial charge in [-0.3, -0.25) is 9.59 Å². The van der Waals surface area contributed by atoms with E-state index in [1.54, 1.807) is 18.3 Å². The molecule has 0 unspecified atom stereocenters. The van der Waals surface area contributed by atoms with Crippen molar-refractivity contribution in [2.75, 3.05) is 33.0 Å². The molecule has 0 atom stereocenters. The third-order valence-electron chi connectivity index (χ3n) is 2.35. The summed E-state index contributed by atoms with van der Waals surface area (Å²) in [5.41, 5.74) is 0.449. The van der Waals surface area contributed by atoms with E-state index in [1.807, 2.05) is 6.92 Å². The first-order chi connectivity index (χ1) is 9.27. The monoisotopic (exact) mass is 269 g/mol. The van der Waals surface area contributed by atoms with Crippen LogP contribution in [0.3, 0.4) is 0 Å². The molecule has 1 aromatic heterocycles. The Labute approximate surface area is 112 Å². The van der Waals surface area contributed by atoms with E-state index in [1.165, 1.54) is 4.57 Å². The van der Waals surface area contributed by atoms with Crippen molar-refractivity contribution in [1.82, 2.24) is 4.57 Å². The molecule has 1 rings (SSSR count). The van der Waals surface area contributed by atoms with Gasteiger partial charge in [0.05, 0.1) is 25.5 Å².